The van der Waals surface area contributed by atoms with E-state index in [-0.39, 0.29) is 11.7 Å². The molecule has 9 heteroatoms. The van der Waals surface area contributed by atoms with Crippen LogP contribution in [0.15, 0.2) is 48.5 Å². The van der Waals surface area contributed by atoms with Crippen molar-refractivity contribution < 1.29 is 27.4 Å². The van der Waals surface area contributed by atoms with Crippen molar-refractivity contribution in [1.29, 1.82) is 0 Å². The van der Waals surface area contributed by atoms with Crippen molar-refractivity contribution in [3.63, 3.8) is 0 Å². The number of aromatic nitrogens is 1. The highest BCUT2D eigenvalue weighted by atomic mass is 19.4. The molecule has 6 nitrogen and oxygen atoms in total. The van der Waals surface area contributed by atoms with Gasteiger partial charge in [-0.25, -0.2) is 0 Å². The molecule has 35 heavy (non-hydrogen) atoms. The van der Waals surface area contributed by atoms with Gasteiger partial charge in [-0.15, -0.1) is 13.2 Å². The Morgan fingerprint density at radius 3 is 2.40 bits per heavy atom. The summed E-state index contributed by atoms with van der Waals surface area (Å²) in [5, 5.41) is 0.940. The minimum absolute atomic E-state index is 0.00809. The number of piperidine rings is 1. The lowest BCUT2D eigenvalue weighted by Crippen LogP contribution is -2.40. The number of nitrogens with zero attached hydrogens (tertiary/aromatic N) is 2. The van der Waals surface area contributed by atoms with Crippen molar-refractivity contribution in [1.82, 2.24) is 14.8 Å². The van der Waals surface area contributed by atoms with Crippen LogP contribution in [0.3, 0.4) is 0 Å². The van der Waals surface area contributed by atoms with Gasteiger partial charge in [-0.3, -0.25) is 9.69 Å². The summed E-state index contributed by atoms with van der Waals surface area (Å²) in [6.07, 6.45) is -2.76. The summed E-state index contributed by atoms with van der Waals surface area (Å²) < 4.78 is 46.2. The monoisotopic (exact) mass is 489 g/mol. The number of hydrogen-bond acceptors (Lipinski definition) is 4. The summed E-state index contributed by atoms with van der Waals surface area (Å²) >= 11 is 0. The maximum absolute atomic E-state index is 13.2. The number of carbonyl (C=O) groups excluding carboxylic acids is 1. The van der Waals surface area contributed by atoms with E-state index in [1.54, 1.807) is 19.2 Å². The Balaban J connectivity index is 1.29. The molecule has 0 radical (unpaired) electrons. The number of fused-ring (bicyclic) bond motifs is 1. The lowest BCUT2D eigenvalue weighted by atomic mass is 9.95. The van der Waals surface area contributed by atoms with E-state index in [0.29, 0.717) is 31.2 Å². The van der Waals surface area contributed by atoms with Gasteiger partial charge in [0.25, 0.3) is 5.91 Å². The lowest BCUT2D eigenvalue weighted by molar-refractivity contribution is -0.274. The third kappa shape index (κ3) is 6.48. The summed E-state index contributed by atoms with van der Waals surface area (Å²) in [6.45, 7) is 5.75. The number of ether oxygens (including phenoxy) is 2. The molecule has 1 N–H and O–H groups in total. The van der Waals surface area contributed by atoms with Crippen LogP contribution in [0.1, 0.15) is 35.8 Å². The van der Waals surface area contributed by atoms with Crippen LogP contribution < -0.4 is 9.47 Å². The van der Waals surface area contributed by atoms with E-state index in [4.69, 9.17) is 4.74 Å². The average molecular weight is 490 g/mol. The molecule has 0 bridgehead atoms. The number of halogens is 3. The fourth-order valence-electron chi connectivity index (χ4n) is 4.57. The fraction of sp³-hybridized carbons (Fsp3) is 0.423. The fourth-order valence-corrected chi connectivity index (χ4v) is 4.57. The van der Waals surface area contributed by atoms with Crippen LogP contribution in [0.25, 0.3) is 10.9 Å². The second-order valence-corrected chi connectivity index (χ2v) is 8.89. The van der Waals surface area contributed by atoms with Crippen LogP contribution in [0.4, 0.5) is 13.2 Å². The molecule has 2 heterocycles. The lowest BCUT2D eigenvalue weighted by Gasteiger charge is -2.34. The van der Waals surface area contributed by atoms with Gasteiger partial charge < -0.3 is 19.4 Å². The third-order valence-corrected chi connectivity index (χ3v) is 6.48. The van der Waals surface area contributed by atoms with Crippen LogP contribution in [-0.2, 0) is 6.54 Å². The highest BCUT2D eigenvalue weighted by Gasteiger charge is 2.31. The van der Waals surface area contributed by atoms with Crippen LogP contribution >= 0.6 is 0 Å². The number of methoxy groups -OCH3 is 1. The number of rotatable bonds is 8. The van der Waals surface area contributed by atoms with E-state index in [1.807, 2.05) is 36.1 Å². The molecule has 1 saturated heterocycles. The summed E-state index contributed by atoms with van der Waals surface area (Å²) in [5.74, 6) is 0.937. The minimum atomic E-state index is -4.68. The predicted octanol–water partition coefficient (Wildman–Crippen LogP) is 5.45. The standard InChI is InChI=1S/C26H30F3N3O3/c1-3-32(25(33)24-15-20-14-22(34-2)8-9-23(20)30-24)17-19-10-12-31(13-11-19)16-18-4-6-21(7-5-18)35-26(27,28)29/h4-9,14-15,19,30H,3,10-13,16-17H2,1-2H3. The smallest absolute Gasteiger partial charge is 0.497 e. The molecule has 0 aliphatic carbocycles. The van der Waals surface area contributed by atoms with Crippen molar-refractivity contribution in [3.8, 4) is 11.5 Å². The topological polar surface area (TPSA) is 57.8 Å². The van der Waals surface area contributed by atoms with Crippen molar-refractivity contribution >= 4 is 16.8 Å². The zero-order valence-corrected chi connectivity index (χ0v) is 19.9. The van der Waals surface area contributed by atoms with Crippen molar-refractivity contribution in [2.45, 2.75) is 32.7 Å². The van der Waals surface area contributed by atoms with Crippen LogP contribution in [0, 0.1) is 5.92 Å². The first kappa shape index (κ1) is 24.9. The van der Waals surface area contributed by atoms with Crippen molar-refractivity contribution in [3.05, 3.63) is 59.8 Å². The van der Waals surface area contributed by atoms with Gasteiger partial charge >= 0.3 is 6.36 Å². The Labute approximate surface area is 202 Å². The van der Waals surface area contributed by atoms with E-state index in [1.165, 1.54) is 12.1 Å². The SMILES string of the molecule is CCN(CC1CCN(Cc2ccc(OC(F)(F)F)cc2)CC1)C(=O)c1cc2cc(OC)ccc2[nH]1. The van der Waals surface area contributed by atoms with Crippen LogP contribution in [0.2, 0.25) is 0 Å². The van der Waals surface area contributed by atoms with Crippen LogP contribution in [-0.4, -0.2) is 60.3 Å². The quantitative estimate of drug-likeness (QED) is 0.457. The van der Waals surface area contributed by atoms with Gasteiger partial charge in [0.05, 0.1) is 7.11 Å². The molecule has 1 aromatic heterocycles. The van der Waals surface area contributed by atoms with Gasteiger partial charge in [0, 0.05) is 30.5 Å². The number of H-pyrrole nitrogens is 1. The highest BCUT2D eigenvalue weighted by Crippen LogP contribution is 2.26. The van der Waals surface area contributed by atoms with Gasteiger partial charge in [0.15, 0.2) is 0 Å². The summed E-state index contributed by atoms with van der Waals surface area (Å²) in [6, 6.07) is 13.6. The largest absolute Gasteiger partial charge is 0.573 e. The number of amides is 1. The number of nitrogens with one attached hydrogen (secondary N) is 1. The number of alkyl halides is 3. The zero-order valence-electron chi connectivity index (χ0n) is 19.9. The molecule has 188 valence electrons. The first-order valence-electron chi connectivity index (χ1n) is 11.8. The summed E-state index contributed by atoms with van der Waals surface area (Å²) in [5.41, 5.74) is 2.42. The maximum Gasteiger partial charge on any atom is 0.573 e. The Bertz CT molecular complexity index is 1140. The van der Waals surface area contributed by atoms with Gasteiger partial charge in [-0.2, -0.15) is 0 Å². The molecule has 2 aromatic carbocycles. The van der Waals surface area contributed by atoms with E-state index in [0.717, 1.165) is 48.1 Å². The number of carbonyl (C=O) groups is 1. The zero-order chi connectivity index (χ0) is 25.0. The van der Waals surface area contributed by atoms with Crippen molar-refractivity contribution in [2.75, 3.05) is 33.3 Å². The van der Waals surface area contributed by atoms with E-state index in [2.05, 4.69) is 14.6 Å². The van der Waals surface area contributed by atoms with Gasteiger partial charge in [-0.1, -0.05) is 12.1 Å². The van der Waals surface area contributed by atoms with E-state index >= 15 is 0 Å². The molecule has 0 unspecified atom stereocenters. The maximum atomic E-state index is 13.2. The first-order chi connectivity index (χ1) is 16.7. The Morgan fingerprint density at radius 2 is 1.77 bits per heavy atom. The molecule has 0 atom stereocenters. The van der Waals surface area contributed by atoms with Gasteiger partial charge in [-0.05, 0) is 80.7 Å². The molecule has 1 aliphatic heterocycles. The molecule has 1 fully saturated rings. The number of hydrogen-bond donors (Lipinski definition) is 1. The second-order valence-electron chi connectivity index (χ2n) is 8.89. The number of likely N-dealkylation sites (tertiary alicyclic amines) is 1. The average Bonchev–Trinajstić information content (AvgIpc) is 3.27. The van der Waals surface area contributed by atoms with Crippen LogP contribution in [0.5, 0.6) is 11.5 Å². The number of aromatic amines is 1. The first-order valence-corrected chi connectivity index (χ1v) is 11.8. The molecular formula is C26H30F3N3O3. The van der Waals surface area contributed by atoms with Crippen molar-refractivity contribution in [2.24, 2.45) is 5.92 Å². The molecular weight excluding hydrogens is 459 g/mol. The Morgan fingerprint density at radius 1 is 1.09 bits per heavy atom. The van der Waals surface area contributed by atoms with E-state index < -0.39 is 6.36 Å². The Kier molecular flexibility index (Phi) is 7.54. The number of benzene rings is 2. The molecule has 3 aromatic rings. The molecule has 0 spiro atoms. The molecule has 1 aliphatic rings. The van der Waals surface area contributed by atoms with E-state index in [9.17, 15) is 18.0 Å². The minimum Gasteiger partial charge on any atom is -0.497 e. The van der Waals surface area contributed by atoms with Gasteiger partial charge in [0.1, 0.15) is 17.2 Å². The third-order valence-electron chi connectivity index (χ3n) is 6.48. The molecule has 0 saturated carbocycles. The Hall–Kier alpha value is -3.20. The molecule has 4 rings (SSSR count). The van der Waals surface area contributed by atoms with Gasteiger partial charge in [0.2, 0.25) is 0 Å². The molecule has 1 amide bonds. The highest BCUT2D eigenvalue weighted by molar-refractivity contribution is 5.98. The second kappa shape index (κ2) is 10.6. The predicted molar refractivity (Wildman–Crippen MR) is 128 cm³/mol. The normalized spacial score (nSPS) is 15.3. The summed E-state index contributed by atoms with van der Waals surface area (Å²) in [7, 11) is 1.62. The summed E-state index contributed by atoms with van der Waals surface area (Å²) in [4.78, 5) is 20.6.